The van der Waals surface area contributed by atoms with Crippen LogP contribution in [0, 0.1) is 25.2 Å². The summed E-state index contributed by atoms with van der Waals surface area (Å²) < 4.78 is 10.5. The molecule has 1 N–H and O–H groups in total. The molecule has 1 amide bonds. The van der Waals surface area contributed by atoms with Crippen LogP contribution in [-0.2, 0) is 9.53 Å². The van der Waals surface area contributed by atoms with Gasteiger partial charge in [0, 0.05) is 0 Å². The highest BCUT2D eigenvalue weighted by Gasteiger charge is 2.10. The maximum absolute atomic E-state index is 11.9. The topological polar surface area (TPSA) is 88.4 Å². The van der Waals surface area contributed by atoms with Gasteiger partial charge in [0.1, 0.15) is 12.4 Å². The Labute approximate surface area is 152 Å². The average Bonchev–Trinajstić information content (AvgIpc) is 2.64. The molecular weight excluding hydrogens is 332 g/mol. The van der Waals surface area contributed by atoms with E-state index in [-0.39, 0.29) is 12.2 Å². The van der Waals surface area contributed by atoms with Crippen LogP contribution in [0.1, 0.15) is 27.0 Å². The van der Waals surface area contributed by atoms with Gasteiger partial charge in [-0.3, -0.25) is 4.79 Å². The fourth-order valence-electron chi connectivity index (χ4n) is 2.29. The van der Waals surface area contributed by atoms with E-state index < -0.39 is 11.9 Å². The van der Waals surface area contributed by atoms with E-state index in [0.717, 1.165) is 16.9 Å². The van der Waals surface area contributed by atoms with E-state index >= 15 is 0 Å². The molecule has 0 atom stereocenters. The molecule has 0 fully saturated rings. The lowest BCUT2D eigenvalue weighted by molar-refractivity contribution is -0.124. The molecule has 0 radical (unpaired) electrons. The van der Waals surface area contributed by atoms with Crippen molar-refractivity contribution in [2.45, 2.75) is 13.8 Å². The van der Waals surface area contributed by atoms with E-state index in [0.29, 0.717) is 18.7 Å². The van der Waals surface area contributed by atoms with E-state index in [9.17, 15) is 9.59 Å². The number of hydrogen-bond donors (Lipinski definition) is 1. The minimum atomic E-state index is -0.649. The molecular formula is C20H20N2O4. The van der Waals surface area contributed by atoms with Crippen LogP contribution in [0.5, 0.6) is 5.75 Å². The molecule has 0 spiro atoms. The van der Waals surface area contributed by atoms with Gasteiger partial charge in [0.25, 0.3) is 5.91 Å². The molecule has 0 saturated carbocycles. The Balaban J connectivity index is 1.70. The number of benzene rings is 2. The molecule has 0 heterocycles. The van der Waals surface area contributed by atoms with Gasteiger partial charge in [0.05, 0.1) is 23.7 Å². The van der Waals surface area contributed by atoms with Crippen molar-refractivity contribution in [1.29, 1.82) is 5.26 Å². The third-order valence-corrected chi connectivity index (χ3v) is 3.57. The fourth-order valence-corrected chi connectivity index (χ4v) is 2.29. The van der Waals surface area contributed by atoms with E-state index in [1.807, 2.05) is 38.1 Å². The van der Waals surface area contributed by atoms with Gasteiger partial charge < -0.3 is 14.8 Å². The van der Waals surface area contributed by atoms with Gasteiger partial charge in [-0.05, 0) is 43.7 Å². The van der Waals surface area contributed by atoms with Gasteiger partial charge in [-0.2, -0.15) is 5.26 Å². The van der Waals surface area contributed by atoms with Crippen molar-refractivity contribution >= 4 is 11.9 Å². The molecule has 0 aromatic heterocycles. The maximum Gasteiger partial charge on any atom is 0.338 e. The quantitative estimate of drug-likeness (QED) is 0.611. The number of ether oxygens (including phenoxy) is 2. The number of aryl methyl sites for hydroxylation is 2. The number of nitrogens with zero attached hydrogens (tertiary/aromatic N) is 1. The van der Waals surface area contributed by atoms with E-state index in [1.54, 1.807) is 12.1 Å². The zero-order chi connectivity index (χ0) is 18.9. The summed E-state index contributed by atoms with van der Waals surface area (Å²) in [5.41, 5.74) is 2.78. The van der Waals surface area contributed by atoms with E-state index in [1.165, 1.54) is 12.1 Å². The summed E-state index contributed by atoms with van der Waals surface area (Å²) in [4.78, 5) is 23.6. The standard InChI is InChI=1S/C20H20N2O4/c1-14-6-7-18(15(2)10-14)25-9-8-22-19(23)13-26-20(24)17-5-3-4-16(11-17)12-21/h3-7,10-11H,8-9,13H2,1-2H3,(H,22,23). The molecule has 0 bridgehead atoms. The zero-order valence-electron chi connectivity index (χ0n) is 14.7. The first-order chi connectivity index (χ1) is 12.5. The number of rotatable bonds is 7. The van der Waals surface area contributed by atoms with Gasteiger partial charge >= 0.3 is 5.97 Å². The smallest absolute Gasteiger partial charge is 0.338 e. The van der Waals surface area contributed by atoms with Crippen LogP contribution in [0.4, 0.5) is 0 Å². The Kier molecular flexibility index (Phi) is 6.75. The first-order valence-electron chi connectivity index (χ1n) is 8.13. The fraction of sp³-hybridized carbons (Fsp3) is 0.250. The Morgan fingerprint density at radius 3 is 2.69 bits per heavy atom. The zero-order valence-corrected chi connectivity index (χ0v) is 14.7. The van der Waals surface area contributed by atoms with E-state index in [2.05, 4.69) is 5.32 Å². The summed E-state index contributed by atoms with van der Waals surface area (Å²) in [5.74, 6) is -0.295. The highest BCUT2D eigenvalue weighted by atomic mass is 16.5. The predicted octanol–water partition coefficient (Wildman–Crippen LogP) is 2.53. The monoisotopic (exact) mass is 352 g/mol. The van der Waals surface area contributed by atoms with Crippen LogP contribution in [-0.4, -0.2) is 31.6 Å². The van der Waals surface area contributed by atoms with Crippen molar-refractivity contribution in [2.24, 2.45) is 0 Å². The first kappa shape index (κ1) is 19.0. The lowest BCUT2D eigenvalue weighted by Crippen LogP contribution is -2.32. The molecule has 2 rings (SSSR count). The van der Waals surface area contributed by atoms with Crippen LogP contribution in [0.25, 0.3) is 0 Å². The number of hydrogen-bond acceptors (Lipinski definition) is 5. The van der Waals surface area contributed by atoms with Crippen molar-refractivity contribution in [3.05, 3.63) is 64.7 Å². The number of nitriles is 1. The highest BCUT2D eigenvalue weighted by molar-refractivity contribution is 5.91. The Hall–Kier alpha value is -3.33. The second-order valence-corrected chi connectivity index (χ2v) is 5.74. The summed E-state index contributed by atoms with van der Waals surface area (Å²) in [6.45, 7) is 4.19. The maximum atomic E-state index is 11.9. The summed E-state index contributed by atoms with van der Waals surface area (Å²) in [5, 5.41) is 11.4. The Morgan fingerprint density at radius 1 is 1.15 bits per heavy atom. The van der Waals surface area contributed by atoms with Gasteiger partial charge in [-0.15, -0.1) is 0 Å². The minimum absolute atomic E-state index is 0.232. The number of amides is 1. The second-order valence-electron chi connectivity index (χ2n) is 5.74. The summed E-state index contributed by atoms with van der Waals surface area (Å²) >= 11 is 0. The average molecular weight is 352 g/mol. The van der Waals surface area contributed by atoms with Crippen molar-refractivity contribution in [3.8, 4) is 11.8 Å². The van der Waals surface area contributed by atoms with Crippen LogP contribution in [0.15, 0.2) is 42.5 Å². The van der Waals surface area contributed by atoms with Crippen LogP contribution < -0.4 is 10.1 Å². The Bertz CT molecular complexity index is 840. The number of nitrogens with one attached hydrogen (secondary N) is 1. The van der Waals surface area contributed by atoms with Crippen LogP contribution >= 0.6 is 0 Å². The molecule has 2 aromatic carbocycles. The molecule has 0 unspecified atom stereocenters. The number of carbonyl (C=O) groups is 2. The van der Waals surface area contributed by atoms with Gasteiger partial charge in [-0.25, -0.2) is 4.79 Å². The van der Waals surface area contributed by atoms with E-state index in [4.69, 9.17) is 14.7 Å². The molecule has 6 heteroatoms. The minimum Gasteiger partial charge on any atom is -0.491 e. The molecule has 0 saturated heterocycles. The van der Waals surface area contributed by atoms with Gasteiger partial charge in [-0.1, -0.05) is 23.8 Å². The normalized spacial score (nSPS) is 9.88. The lowest BCUT2D eigenvalue weighted by atomic mass is 10.1. The first-order valence-corrected chi connectivity index (χ1v) is 8.13. The Morgan fingerprint density at radius 2 is 1.96 bits per heavy atom. The third kappa shape index (κ3) is 5.64. The van der Waals surface area contributed by atoms with Crippen molar-refractivity contribution in [3.63, 3.8) is 0 Å². The van der Waals surface area contributed by atoms with Crippen LogP contribution in [0.2, 0.25) is 0 Å². The van der Waals surface area contributed by atoms with Crippen molar-refractivity contribution in [2.75, 3.05) is 19.8 Å². The van der Waals surface area contributed by atoms with Crippen molar-refractivity contribution in [1.82, 2.24) is 5.32 Å². The largest absolute Gasteiger partial charge is 0.491 e. The molecule has 6 nitrogen and oxygen atoms in total. The third-order valence-electron chi connectivity index (χ3n) is 3.57. The van der Waals surface area contributed by atoms with Crippen LogP contribution in [0.3, 0.4) is 0 Å². The van der Waals surface area contributed by atoms with Gasteiger partial charge in [0.15, 0.2) is 6.61 Å². The summed E-state index contributed by atoms with van der Waals surface area (Å²) in [6.07, 6.45) is 0. The molecule has 0 aliphatic rings. The summed E-state index contributed by atoms with van der Waals surface area (Å²) in [6, 6.07) is 13.9. The molecule has 26 heavy (non-hydrogen) atoms. The highest BCUT2D eigenvalue weighted by Crippen LogP contribution is 2.18. The summed E-state index contributed by atoms with van der Waals surface area (Å²) in [7, 11) is 0. The SMILES string of the molecule is Cc1ccc(OCCNC(=O)COC(=O)c2cccc(C#N)c2)c(C)c1. The molecule has 0 aliphatic carbocycles. The second kappa shape index (κ2) is 9.23. The predicted molar refractivity (Wildman–Crippen MR) is 95.9 cm³/mol. The number of carbonyl (C=O) groups excluding carboxylic acids is 2. The molecule has 0 aliphatic heterocycles. The lowest BCUT2D eigenvalue weighted by Gasteiger charge is -2.10. The number of esters is 1. The van der Waals surface area contributed by atoms with Gasteiger partial charge in [0.2, 0.25) is 0 Å². The molecule has 2 aromatic rings. The molecule has 134 valence electrons. The van der Waals surface area contributed by atoms with Crippen molar-refractivity contribution < 1.29 is 19.1 Å².